The third-order valence-corrected chi connectivity index (χ3v) is 3.99. The van der Waals surface area contributed by atoms with Crippen LogP contribution in [-0.4, -0.2) is 21.8 Å². The molecule has 4 nitrogen and oxygen atoms in total. The van der Waals surface area contributed by atoms with Gasteiger partial charge in [0.1, 0.15) is 0 Å². The molecule has 1 N–H and O–H groups in total. The standard InChI is InChI=1S/C17H20N4/c1-18-16(8-6-15-9-11-20-21(15)2)14-5-7-17-13(12-14)4-3-10-19-17/h3-5,7,9-12,16,18H,6,8H2,1-2H3. The fourth-order valence-electron chi connectivity index (χ4n) is 2.73. The molecule has 108 valence electrons. The van der Waals surface area contributed by atoms with Crippen molar-refractivity contribution in [1.82, 2.24) is 20.1 Å². The Morgan fingerprint density at radius 2 is 2.10 bits per heavy atom. The van der Waals surface area contributed by atoms with E-state index in [1.54, 1.807) is 0 Å². The van der Waals surface area contributed by atoms with E-state index in [-0.39, 0.29) is 0 Å². The van der Waals surface area contributed by atoms with E-state index < -0.39 is 0 Å². The summed E-state index contributed by atoms with van der Waals surface area (Å²) in [4.78, 5) is 4.37. The van der Waals surface area contributed by atoms with E-state index in [1.807, 2.05) is 37.2 Å². The van der Waals surface area contributed by atoms with Gasteiger partial charge in [0.05, 0.1) is 5.52 Å². The van der Waals surface area contributed by atoms with Gasteiger partial charge in [-0.25, -0.2) is 0 Å². The lowest BCUT2D eigenvalue weighted by Gasteiger charge is -2.17. The van der Waals surface area contributed by atoms with Gasteiger partial charge in [-0.3, -0.25) is 9.67 Å². The first-order chi connectivity index (χ1) is 10.3. The molecule has 4 heteroatoms. The zero-order valence-corrected chi connectivity index (χ0v) is 12.5. The third-order valence-electron chi connectivity index (χ3n) is 3.99. The van der Waals surface area contributed by atoms with Crippen LogP contribution in [0.3, 0.4) is 0 Å². The maximum Gasteiger partial charge on any atom is 0.0702 e. The zero-order chi connectivity index (χ0) is 14.7. The van der Waals surface area contributed by atoms with Crippen LogP contribution in [0.15, 0.2) is 48.8 Å². The molecule has 0 spiro atoms. The second-order valence-electron chi connectivity index (χ2n) is 5.28. The van der Waals surface area contributed by atoms with E-state index in [9.17, 15) is 0 Å². The quantitative estimate of drug-likeness (QED) is 0.781. The van der Waals surface area contributed by atoms with Gasteiger partial charge >= 0.3 is 0 Å². The van der Waals surface area contributed by atoms with Crippen molar-refractivity contribution >= 4 is 10.9 Å². The molecule has 0 saturated heterocycles. The lowest BCUT2D eigenvalue weighted by atomic mass is 9.99. The van der Waals surface area contributed by atoms with Gasteiger partial charge in [-0.15, -0.1) is 0 Å². The molecule has 0 aliphatic rings. The number of pyridine rings is 1. The summed E-state index contributed by atoms with van der Waals surface area (Å²) in [6.07, 6.45) is 5.74. The Bertz CT molecular complexity index is 732. The molecule has 1 unspecified atom stereocenters. The van der Waals surface area contributed by atoms with Crippen molar-refractivity contribution in [2.45, 2.75) is 18.9 Å². The average molecular weight is 280 g/mol. The molecule has 0 amide bonds. The maximum atomic E-state index is 4.37. The van der Waals surface area contributed by atoms with Crippen LogP contribution in [0.2, 0.25) is 0 Å². The van der Waals surface area contributed by atoms with Gasteiger partial charge < -0.3 is 5.32 Å². The molecule has 0 radical (unpaired) electrons. The molecule has 2 aromatic heterocycles. The Hall–Kier alpha value is -2.20. The van der Waals surface area contributed by atoms with Crippen molar-refractivity contribution in [2.75, 3.05) is 7.05 Å². The number of hydrogen-bond donors (Lipinski definition) is 1. The van der Waals surface area contributed by atoms with Crippen LogP contribution in [0.1, 0.15) is 23.7 Å². The second-order valence-corrected chi connectivity index (χ2v) is 5.28. The van der Waals surface area contributed by atoms with E-state index in [0.29, 0.717) is 6.04 Å². The Balaban J connectivity index is 1.79. The Morgan fingerprint density at radius 1 is 1.19 bits per heavy atom. The SMILES string of the molecule is CNC(CCc1ccnn1C)c1ccc2ncccc2c1. The fraction of sp³-hybridized carbons (Fsp3) is 0.294. The molecule has 0 aliphatic carbocycles. The molecule has 0 bridgehead atoms. The van der Waals surface area contributed by atoms with Crippen molar-refractivity contribution in [1.29, 1.82) is 0 Å². The summed E-state index contributed by atoms with van der Waals surface area (Å²) in [7, 11) is 4.01. The van der Waals surface area contributed by atoms with Crippen molar-refractivity contribution < 1.29 is 0 Å². The van der Waals surface area contributed by atoms with E-state index in [2.05, 4.69) is 45.7 Å². The van der Waals surface area contributed by atoms with Crippen molar-refractivity contribution in [3.8, 4) is 0 Å². The molecular formula is C17H20N4. The summed E-state index contributed by atoms with van der Waals surface area (Å²) < 4.78 is 1.94. The summed E-state index contributed by atoms with van der Waals surface area (Å²) >= 11 is 0. The summed E-state index contributed by atoms with van der Waals surface area (Å²) in [6, 6.07) is 13.0. The molecule has 2 heterocycles. The number of hydrogen-bond acceptors (Lipinski definition) is 3. The number of benzene rings is 1. The molecule has 3 rings (SSSR count). The molecule has 21 heavy (non-hydrogen) atoms. The number of aromatic nitrogens is 3. The van der Waals surface area contributed by atoms with Crippen molar-refractivity contribution in [3.05, 3.63) is 60.0 Å². The minimum atomic E-state index is 0.338. The number of aryl methyl sites for hydroxylation is 2. The normalized spacial score (nSPS) is 12.7. The molecular weight excluding hydrogens is 260 g/mol. The molecule has 1 aromatic carbocycles. The monoisotopic (exact) mass is 280 g/mol. The van der Waals surface area contributed by atoms with Crippen LogP contribution < -0.4 is 5.32 Å². The molecule has 3 aromatic rings. The predicted molar refractivity (Wildman–Crippen MR) is 85.1 cm³/mol. The lowest BCUT2D eigenvalue weighted by molar-refractivity contribution is 0.536. The van der Waals surface area contributed by atoms with Crippen molar-refractivity contribution in [2.24, 2.45) is 7.05 Å². The van der Waals surface area contributed by atoms with Crippen LogP contribution in [0.25, 0.3) is 10.9 Å². The highest BCUT2D eigenvalue weighted by molar-refractivity contribution is 5.79. The molecule has 1 atom stereocenters. The largest absolute Gasteiger partial charge is 0.313 e. The van der Waals surface area contributed by atoms with Gasteiger partial charge in [0, 0.05) is 36.6 Å². The van der Waals surface area contributed by atoms with E-state index in [4.69, 9.17) is 0 Å². The second kappa shape index (κ2) is 6.06. The van der Waals surface area contributed by atoms with Gasteiger partial charge in [0.25, 0.3) is 0 Å². The van der Waals surface area contributed by atoms with Gasteiger partial charge in [0.2, 0.25) is 0 Å². The van der Waals surface area contributed by atoms with Crippen LogP contribution in [0.5, 0.6) is 0 Å². The minimum Gasteiger partial charge on any atom is -0.313 e. The molecule has 0 fully saturated rings. The van der Waals surface area contributed by atoms with Crippen LogP contribution in [0.4, 0.5) is 0 Å². The van der Waals surface area contributed by atoms with Crippen molar-refractivity contribution in [3.63, 3.8) is 0 Å². The Kier molecular flexibility index (Phi) is 3.97. The first-order valence-electron chi connectivity index (χ1n) is 7.27. The highest BCUT2D eigenvalue weighted by Crippen LogP contribution is 2.22. The number of nitrogens with one attached hydrogen (secondary N) is 1. The average Bonchev–Trinajstić information content (AvgIpc) is 2.93. The molecule has 0 saturated carbocycles. The topological polar surface area (TPSA) is 42.7 Å². The Morgan fingerprint density at radius 3 is 2.86 bits per heavy atom. The number of rotatable bonds is 5. The van der Waals surface area contributed by atoms with Gasteiger partial charge in [-0.1, -0.05) is 12.1 Å². The maximum absolute atomic E-state index is 4.37. The summed E-state index contributed by atoms with van der Waals surface area (Å²) in [5, 5.41) is 8.83. The zero-order valence-electron chi connectivity index (χ0n) is 12.5. The summed E-state index contributed by atoms with van der Waals surface area (Å²) in [6.45, 7) is 0. The van der Waals surface area contributed by atoms with E-state index in [1.165, 1.54) is 16.6 Å². The molecule has 0 aliphatic heterocycles. The smallest absolute Gasteiger partial charge is 0.0702 e. The third kappa shape index (κ3) is 2.95. The number of fused-ring (bicyclic) bond motifs is 1. The van der Waals surface area contributed by atoms with Gasteiger partial charge in [-0.2, -0.15) is 5.10 Å². The Labute approximate surface area is 124 Å². The highest BCUT2D eigenvalue weighted by Gasteiger charge is 2.11. The lowest BCUT2D eigenvalue weighted by Crippen LogP contribution is -2.17. The fourth-order valence-corrected chi connectivity index (χ4v) is 2.73. The van der Waals surface area contributed by atoms with Crippen LogP contribution in [-0.2, 0) is 13.5 Å². The van der Waals surface area contributed by atoms with Gasteiger partial charge in [-0.05, 0) is 49.7 Å². The van der Waals surface area contributed by atoms with Crippen LogP contribution in [0, 0.1) is 0 Å². The summed E-state index contributed by atoms with van der Waals surface area (Å²) in [5.41, 5.74) is 3.61. The van der Waals surface area contributed by atoms with E-state index >= 15 is 0 Å². The first-order valence-corrected chi connectivity index (χ1v) is 7.27. The van der Waals surface area contributed by atoms with Crippen LogP contribution >= 0.6 is 0 Å². The first kappa shape index (κ1) is 13.8. The minimum absolute atomic E-state index is 0.338. The highest BCUT2D eigenvalue weighted by atomic mass is 15.2. The van der Waals surface area contributed by atoms with E-state index in [0.717, 1.165) is 18.4 Å². The summed E-state index contributed by atoms with van der Waals surface area (Å²) in [5.74, 6) is 0. The van der Waals surface area contributed by atoms with Gasteiger partial charge in [0.15, 0.2) is 0 Å². The predicted octanol–water partition coefficient (Wildman–Crippen LogP) is 2.86. The number of nitrogens with zero attached hydrogens (tertiary/aromatic N) is 3.